The van der Waals surface area contributed by atoms with Crippen molar-refractivity contribution in [2.45, 2.75) is 44.1 Å². The molecule has 0 N–H and O–H groups in total. The van der Waals surface area contributed by atoms with Gasteiger partial charge in [-0.1, -0.05) is 36.8 Å². The number of rotatable bonds is 5. The quantitative estimate of drug-likeness (QED) is 0.747. The van der Waals surface area contributed by atoms with Gasteiger partial charge < -0.3 is 4.90 Å². The number of amides is 2. The Morgan fingerprint density at radius 3 is 2.50 bits per heavy atom. The van der Waals surface area contributed by atoms with E-state index in [1.165, 1.54) is 24.8 Å². The molecule has 0 spiro atoms. The monoisotopic (exact) mass is 407 g/mol. The molecular weight excluding hydrogens is 374 g/mol. The van der Waals surface area contributed by atoms with Crippen LogP contribution in [0.4, 0.5) is 10.6 Å². The predicted octanol–water partition coefficient (Wildman–Crippen LogP) is 4.15. The summed E-state index contributed by atoms with van der Waals surface area (Å²) < 4.78 is 0. The molecule has 1 aromatic carbocycles. The molecule has 2 heterocycles. The first-order valence-corrected chi connectivity index (χ1v) is 11.2. The minimum Gasteiger partial charge on any atom is -0.324 e. The highest BCUT2D eigenvalue weighted by Gasteiger charge is 2.38. The summed E-state index contributed by atoms with van der Waals surface area (Å²) in [6.07, 6.45) is 11.6. The van der Waals surface area contributed by atoms with Crippen LogP contribution in [-0.4, -0.2) is 59.5 Å². The Hall–Kier alpha value is -2.47. The normalized spacial score (nSPS) is 23.6. The molecule has 4 rings (SSSR count). The van der Waals surface area contributed by atoms with E-state index >= 15 is 0 Å². The molecule has 2 aliphatic rings. The lowest BCUT2D eigenvalue weighted by molar-refractivity contribution is 0.105. The van der Waals surface area contributed by atoms with Crippen LogP contribution in [0.1, 0.15) is 44.1 Å². The summed E-state index contributed by atoms with van der Waals surface area (Å²) in [5.41, 5.74) is 1.25. The van der Waals surface area contributed by atoms with E-state index in [-0.39, 0.29) is 11.6 Å². The van der Waals surface area contributed by atoms with Crippen molar-refractivity contribution >= 4 is 11.8 Å². The first kappa shape index (κ1) is 20.8. The van der Waals surface area contributed by atoms with Crippen LogP contribution < -0.4 is 4.90 Å². The zero-order chi connectivity index (χ0) is 21.0. The summed E-state index contributed by atoms with van der Waals surface area (Å²) in [6, 6.07) is 10.9. The van der Waals surface area contributed by atoms with Gasteiger partial charge >= 0.3 is 6.03 Å². The average molecular weight is 408 g/mol. The Bertz CT molecular complexity index is 824. The predicted molar refractivity (Wildman–Crippen MR) is 119 cm³/mol. The molecule has 2 aromatic rings. The largest absolute Gasteiger partial charge is 0.325 e. The zero-order valence-corrected chi connectivity index (χ0v) is 18.2. The fraction of sp³-hybridized carbons (Fsp3) is 0.542. The molecule has 0 unspecified atom stereocenters. The Labute approximate surface area is 179 Å². The van der Waals surface area contributed by atoms with E-state index in [2.05, 4.69) is 64.2 Å². The first-order chi connectivity index (χ1) is 14.6. The Kier molecular flexibility index (Phi) is 6.32. The number of urea groups is 1. The maximum absolute atomic E-state index is 13.6. The van der Waals surface area contributed by atoms with Crippen molar-refractivity contribution in [2.24, 2.45) is 5.92 Å². The Morgan fingerprint density at radius 1 is 1.07 bits per heavy atom. The number of hydrogen-bond acceptors (Lipinski definition) is 4. The van der Waals surface area contributed by atoms with Gasteiger partial charge in [0.25, 0.3) is 0 Å². The summed E-state index contributed by atoms with van der Waals surface area (Å²) in [5.74, 6) is 1.28. The lowest BCUT2D eigenvalue weighted by Gasteiger charge is -2.42. The van der Waals surface area contributed by atoms with Gasteiger partial charge in [-0.3, -0.25) is 14.8 Å². The second-order valence-corrected chi connectivity index (χ2v) is 8.89. The molecule has 1 aliphatic heterocycles. The second-order valence-electron chi connectivity index (χ2n) is 8.89. The van der Waals surface area contributed by atoms with Crippen molar-refractivity contribution in [2.75, 3.05) is 38.6 Å². The fourth-order valence-electron chi connectivity index (χ4n) is 4.88. The number of anilines is 1. The summed E-state index contributed by atoms with van der Waals surface area (Å²) in [5, 5.41) is 0. The van der Waals surface area contributed by atoms with Gasteiger partial charge in [-0.25, -0.2) is 9.78 Å². The third-order valence-electron chi connectivity index (χ3n) is 6.97. The lowest BCUT2D eigenvalue weighted by Crippen LogP contribution is -2.48. The maximum Gasteiger partial charge on any atom is 0.325 e. The zero-order valence-electron chi connectivity index (χ0n) is 18.2. The molecule has 1 saturated carbocycles. The number of aromatic nitrogens is 2. The molecule has 1 atom stereocenters. The molecule has 1 saturated heterocycles. The van der Waals surface area contributed by atoms with Crippen LogP contribution >= 0.6 is 0 Å². The van der Waals surface area contributed by atoms with Crippen molar-refractivity contribution in [3.8, 4) is 0 Å². The Balaban J connectivity index is 1.66. The van der Waals surface area contributed by atoms with Gasteiger partial charge in [-0.05, 0) is 57.7 Å². The van der Waals surface area contributed by atoms with Crippen LogP contribution in [0.5, 0.6) is 0 Å². The highest BCUT2D eigenvalue weighted by Crippen LogP contribution is 2.37. The third kappa shape index (κ3) is 4.19. The number of carbonyl (C=O) groups excluding carboxylic acids is 1. The van der Waals surface area contributed by atoms with Crippen molar-refractivity contribution in [3.63, 3.8) is 0 Å². The van der Waals surface area contributed by atoms with E-state index in [0.29, 0.717) is 18.3 Å². The summed E-state index contributed by atoms with van der Waals surface area (Å²) in [6.45, 7) is 2.24. The van der Waals surface area contributed by atoms with Gasteiger partial charge in [0, 0.05) is 37.6 Å². The number of nitrogens with zero attached hydrogens (tertiary/aromatic N) is 5. The fourth-order valence-corrected chi connectivity index (χ4v) is 4.88. The molecule has 160 valence electrons. The standard InChI is InChI=1S/C24H33N5O/c1-27(2)24(21-10-4-3-5-11-21)12-7-16-29(22-18-25-14-15-26-22)23(30)28(17-13-24)19-20-8-6-9-20/h3-5,10-11,14-15,18,20H,6-9,12-13,16-17,19H2,1-2H3/t24-/m0/s1. The summed E-state index contributed by atoms with van der Waals surface area (Å²) in [7, 11) is 4.34. The average Bonchev–Trinajstić information content (AvgIpc) is 2.81. The summed E-state index contributed by atoms with van der Waals surface area (Å²) >= 11 is 0. The first-order valence-electron chi connectivity index (χ1n) is 11.2. The van der Waals surface area contributed by atoms with Crippen molar-refractivity contribution in [1.82, 2.24) is 19.8 Å². The third-order valence-corrected chi connectivity index (χ3v) is 6.97. The lowest BCUT2D eigenvalue weighted by atomic mass is 9.80. The van der Waals surface area contributed by atoms with Gasteiger partial charge in [0.15, 0.2) is 5.82 Å². The highest BCUT2D eigenvalue weighted by atomic mass is 16.2. The SMILES string of the molecule is CN(C)[C@@]1(c2ccccc2)CCCN(c2cnccn2)C(=O)N(CC2CCC2)CC1. The minimum atomic E-state index is -0.0855. The van der Waals surface area contributed by atoms with Crippen LogP contribution in [0, 0.1) is 5.92 Å². The molecule has 6 heteroatoms. The highest BCUT2D eigenvalue weighted by molar-refractivity contribution is 5.90. The number of carbonyl (C=O) groups is 1. The van der Waals surface area contributed by atoms with E-state index in [4.69, 9.17) is 0 Å². The Morgan fingerprint density at radius 2 is 1.87 bits per heavy atom. The van der Waals surface area contributed by atoms with Crippen molar-refractivity contribution < 1.29 is 4.79 Å². The molecule has 0 radical (unpaired) electrons. The van der Waals surface area contributed by atoms with Crippen molar-refractivity contribution in [3.05, 3.63) is 54.5 Å². The van der Waals surface area contributed by atoms with Crippen LogP contribution in [0.15, 0.2) is 48.9 Å². The maximum atomic E-state index is 13.6. The summed E-state index contributed by atoms with van der Waals surface area (Å²) in [4.78, 5) is 28.5. The van der Waals surface area contributed by atoms with Crippen LogP contribution in [-0.2, 0) is 5.54 Å². The number of hydrogen-bond donors (Lipinski definition) is 0. The molecule has 6 nitrogen and oxygen atoms in total. The van der Waals surface area contributed by atoms with Crippen LogP contribution in [0.25, 0.3) is 0 Å². The van der Waals surface area contributed by atoms with Gasteiger partial charge in [0.05, 0.1) is 6.20 Å². The van der Waals surface area contributed by atoms with E-state index < -0.39 is 0 Å². The van der Waals surface area contributed by atoms with Gasteiger partial charge in [0.2, 0.25) is 0 Å². The molecular formula is C24H33N5O. The molecule has 1 aliphatic carbocycles. The number of benzene rings is 1. The second kappa shape index (κ2) is 9.13. The van der Waals surface area contributed by atoms with Crippen LogP contribution in [0.3, 0.4) is 0 Å². The molecule has 2 fully saturated rings. The van der Waals surface area contributed by atoms with Gasteiger partial charge in [-0.15, -0.1) is 0 Å². The van der Waals surface area contributed by atoms with E-state index in [0.717, 1.165) is 32.4 Å². The molecule has 0 bridgehead atoms. The van der Waals surface area contributed by atoms with E-state index in [9.17, 15) is 4.79 Å². The molecule has 1 aromatic heterocycles. The smallest absolute Gasteiger partial charge is 0.324 e. The molecule has 30 heavy (non-hydrogen) atoms. The van der Waals surface area contributed by atoms with E-state index in [1.807, 2.05) is 4.90 Å². The van der Waals surface area contributed by atoms with Crippen LogP contribution in [0.2, 0.25) is 0 Å². The van der Waals surface area contributed by atoms with E-state index in [1.54, 1.807) is 18.6 Å². The van der Waals surface area contributed by atoms with Crippen molar-refractivity contribution in [1.29, 1.82) is 0 Å². The topological polar surface area (TPSA) is 52.6 Å². The van der Waals surface area contributed by atoms with Gasteiger partial charge in [-0.2, -0.15) is 0 Å². The molecule has 2 amide bonds. The van der Waals surface area contributed by atoms with Gasteiger partial charge in [0.1, 0.15) is 0 Å². The minimum absolute atomic E-state index is 0.0741.